The molecule has 0 N–H and O–H groups in total. The normalized spacial score (nSPS) is 12.3. The maximum atomic E-state index is 5.09. The number of hydrogen-bond acceptors (Lipinski definition) is 3. The van der Waals surface area contributed by atoms with Gasteiger partial charge in [0.05, 0.1) is 38.6 Å². The second kappa shape index (κ2) is 9.02. The molecule has 47 heavy (non-hydrogen) atoms. The molecule has 0 unspecified atom stereocenters. The van der Waals surface area contributed by atoms with Gasteiger partial charge in [0.25, 0.3) is 0 Å². The van der Waals surface area contributed by atoms with Crippen molar-refractivity contribution in [1.29, 1.82) is 0 Å². The van der Waals surface area contributed by atoms with Crippen molar-refractivity contribution in [3.05, 3.63) is 146 Å². The van der Waals surface area contributed by atoms with Crippen LogP contribution in [0.2, 0.25) is 0 Å². The summed E-state index contributed by atoms with van der Waals surface area (Å²) in [4.78, 5) is 14.8. The lowest BCUT2D eigenvalue weighted by Gasteiger charge is -2.12. The van der Waals surface area contributed by atoms with Crippen molar-refractivity contribution in [1.82, 2.24) is 28.5 Å². The predicted molar refractivity (Wildman–Crippen MR) is 192 cm³/mol. The molecular weight excluding hydrogens is 576 g/mol. The van der Waals surface area contributed by atoms with E-state index in [4.69, 9.17) is 9.97 Å². The maximum Gasteiger partial charge on any atom is 0.178 e. The molecule has 0 spiro atoms. The van der Waals surface area contributed by atoms with Crippen molar-refractivity contribution < 1.29 is 0 Å². The van der Waals surface area contributed by atoms with Crippen LogP contribution in [0.1, 0.15) is 0 Å². The second-order valence-electron chi connectivity index (χ2n) is 12.1. The van der Waals surface area contributed by atoms with Gasteiger partial charge in [0.15, 0.2) is 5.65 Å². The van der Waals surface area contributed by atoms with Crippen LogP contribution in [0.4, 0.5) is 0 Å². The first-order valence-electron chi connectivity index (χ1n) is 15.8. The number of benzene rings is 5. The Labute approximate surface area is 267 Å². The highest BCUT2D eigenvalue weighted by molar-refractivity contribution is 6.33. The number of hydrogen-bond donors (Lipinski definition) is 0. The molecule has 0 atom stereocenters. The van der Waals surface area contributed by atoms with E-state index in [0.29, 0.717) is 0 Å². The number of para-hydroxylation sites is 3. The van der Waals surface area contributed by atoms with Gasteiger partial charge in [-0.15, -0.1) is 0 Å². The van der Waals surface area contributed by atoms with E-state index in [1.807, 2.05) is 18.3 Å². The van der Waals surface area contributed by atoms with Gasteiger partial charge in [0.1, 0.15) is 5.65 Å². The first-order valence-corrected chi connectivity index (χ1v) is 15.8. The molecule has 6 heteroatoms. The lowest BCUT2D eigenvalue weighted by atomic mass is 10.0. The van der Waals surface area contributed by atoms with E-state index in [9.17, 15) is 0 Å². The first-order chi connectivity index (χ1) is 23.4. The van der Waals surface area contributed by atoms with E-state index in [0.717, 1.165) is 61.0 Å². The van der Waals surface area contributed by atoms with Crippen LogP contribution in [0.25, 0.3) is 93.6 Å². The molecule has 11 aromatic rings. The van der Waals surface area contributed by atoms with Gasteiger partial charge in [0, 0.05) is 56.1 Å². The fourth-order valence-electron chi connectivity index (χ4n) is 7.87. The van der Waals surface area contributed by atoms with Crippen molar-refractivity contribution in [3.8, 4) is 11.4 Å². The Bertz CT molecular complexity index is 3060. The van der Waals surface area contributed by atoms with Gasteiger partial charge in [-0.3, -0.25) is 9.38 Å². The van der Waals surface area contributed by atoms with E-state index >= 15 is 0 Å². The summed E-state index contributed by atoms with van der Waals surface area (Å²) in [6.07, 6.45) is 3.70. The molecule has 0 radical (unpaired) electrons. The monoisotopic (exact) mass is 600 g/mol. The van der Waals surface area contributed by atoms with Crippen molar-refractivity contribution >= 4 is 82.2 Å². The number of aromatic nitrogens is 6. The van der Waals surface area contributed by atoms with Crippen LogP contribution < -0.4 is 0 Å². The molecule has 6 aromatic heterocycles. The largest absolute Gasteiger partial charge is 0.307 e. The van der Waals surface area contributed by atoms with E-state index in [2.05, 4.69) is 140 Å². The molecule has 0 saturated carbocycles. The summed E-state index contributed by atoms with van der Waals surface area (Å²) in [5, 5.41) is 6.94. The molecule has 11 rings (SSSR count). The van der Waals surface area contributed by atoms with E-state index in [1.54, 1.807) is 6.20 Å². The van der Waals surface area contributed by atoms with E-state index in [-0.39, 0.29) is 0 Å². The fraction of sp³-hybridized carbons (Fsp3) is 0. The van der Waals surface area contributed by atoms with Crippen LogP contribution in [0.5, 0.6) is 0 Å². The average Bonchev–Trinajstić information content (AvgIpc) is 3.80. The smallest absolute Gasteiger partial charge is 0.178 e. The van der Waals surface area contributed by atoms with Crippen molar-refractivity contribution in [2.24, 2.45) is 0 Å². The van der Waals surface area contributed by atoms with Crippen LogP contribution in [-0.2, 0) is 0 Å². The van der Waals surface area contributed by atoms with Gasteiger partial charge in [-0.1, -0.05) is 66.7 Å². The third-order valence-corrected chi connectivity index (χ3v) is 9.69. The van der Waals surface area contributed by atoms with Gasteiger partial charge in [-0.05, 0) is 66.7 Å². The van der Waals surface area contributed by atoms with Gasteiger partial charge in [0.2, 0.25) is 0 Å². The zero-order chi connectivity index (χ0) is 30.6. The summed E-state index contributed by atoms with van der Waals surface area (Å²) in [5.41, 5.74) is 11.4. The van der Waals surface area contributed by atoms with Crippen LogP contribution in [0, 0.1) is 0 Å². The quantitative estimate of drug-likeness (QED) is 0.186. The van der Waals surface area contributed by atoms with Crippen LogP contribution in [0.15, 0.2) is 146 Å². The highest BCUT2D eigenvalue weighted by Gasteiger charge is 2.24. The molecular formula is C41H24N6. The summed E-state index contributed by atoms with van der Waals surface area (Å²) < 4.78 is 7.07. The number of imidazole rings is 1. The minimum Gasteiger partial charge on any atom is -0.307 e. The Balaban J connectivity index is 1.45. The zero-order valence-corrected chi connectivity index (χ0v) is 25.0. The van der Waals surface area contributed by atoms with Crippen molar-refractivity contribution in [3.63, 3.8) is 0 Å². The predicted octanol–water partition coefficient (Wildman–Crippen LogP) is 9.78. The highest BCUT2D eigenvalue weighted by Crippen LogP contribution is 2.45. The standard InChI is InChI=1S/C41H24N6/c1-3-11-25(12-4-1)45-31-16-8-7-15-27(31)28-19-20-29-35-32(46(39(29)38(28)45)26-13-5-2-6-14-26)22-21-30-36(35)37-33(17-9-23-42-37)47-34-18-10-24-43-40(34)44-41(30)47/h1-24H. The molecule has 0 bridgehead atoms. The van der Waals surface area contributed by atoms with Crippen molar-refractivity contribution in [2.75, 3.05) is 0 Å². The van der Waals surface area contributed by atoms with Crippen LogP contribution in [-0.4, -0.2) is 28.5 Å². The summed E-state index contributed by atoms with van der Waals surface area (Å²) in [6.45, 7) is 0. The third kappa shape index (κ3) is 3.16. The molecule has 0 saturated heterocycles. The Hall–Kier alpha value is -6.53. The molecule has 0 fully saturated rings. The van der Waals surface area contributed by atoms with Gasteiger partial charge < -0.3 is 9.13 Å². The number of rotatable bonds is 2. The van der Waals surface area contributed by atoms with Crippen LogP contribution in [0.3, 0.4) is 0 Å². The molecule has 5 aromatic carbocycles. The number of nitrogens with zero attached hydrogens (tertiary/aromatic N) is 6. The molecule has 6 heterocycles. The molecule has 0 amide bonds. The van der Waals surface area contributed by atoms with Gasteiger partial charge in [-0.25, -0.2) is 9.97 Å². The van der Waals surface area contributed by atoms with Crippen LogP contribution >= 0.6 is 0 Å². The topological polar surface area (TPSA) is 52.9 Å². The maximum absolute atomic E-state index is 5.09. The average molecular weight is 601 g/mol. The minimum atomic E-state index is 0.728. The molecule has 0 aliphatic rings. The van der Waals surface area contributed by atoms with Gasteiger partial charge >= 0.3 is 0 Å². The fourth-order valence-corrected chi connectivity index (χ4v) is 7.87. The zero-order valence-electron chi connectivity index (χ0n) is 25.0. The molecule has 0 aliphatic heterocycles. The van der Waals surface area contributed by atoms with Crippen molar-refractivity contribution in [2.45, 2.75) is 0 Å². The SMILES string of the molecule is c1ccc(-n2c3ccccc3c3ccc4c5c6c(ccc5n(-c5ccccc5)c4c32)c2nc3ncccc3n2c2cccnc62)cc1. The summed E-state index contributed by atoms with van der Waals surface area (Å²) in [5.74, 6) is 0. The lowest BCUT2D eigenvalue weighted by Crippen LogP contribution is -1.98. The molecule has 6 nitrogen and oxygen atoms in total. The van der Waals surface area contributed by atoms with E-state index < -0.39 is 0 Å². The number of fused-ring (bicyclic) bond motifs is 16. The lowest BCUT2D eigenvalue weighted by molar-refractivity contribution is 1.15. The Morgan fingerprint density at radius 1 is 0.404 bits per heavy atom. The summed E-state index contributed by atoms with van der Waals surface area (Å²) in [7, 11) is 0. The highest BCUT2D eigenvalue weighted by atomic mass is 15.1. The Morgan fingerprint density at radius 3 is 1.83 bits per heavy atom. The van der Waals surface area contributed by atoms with E-state index in [1.165, 1.54) is 32.6 Å². The second-order valence-corrected chi connectivity index (χ2v) is 12.1. The summed E-state index contributed by atoms with van der Waals surface area (Å²) >= 11 is 0. The number of pyridine rings is 3. The molecule has 218 valence electrons. The van der Waals surface area contributed by atoms with Gasteiger partial charge in [-0.2, -0.15) is 0 Å². The Kier molecular flexibility index (Phi) is 4.75. The third-order valence-electron chi connectivity index (χ3n) is 9.69. The summed E-state index contributed by atoms with van der Waals surface area (Å²) in [6, 6.07) is 47.4. The Morgan fingerprint density at radius 2 is 1.02 bits per heavy atom. The molecule has 0 aliphatic carbocycles. The first kappa shape index (κ1) is 24.8. The minimum absolute atomic E-state index is 0.728.